The van der Waals surface area contributed by atoms with Crippen molar-refractivity contribution in [3.05, 3.63) is 46.4 Å². The molecule has 0 spiro atoms. The summed E-state index contributed by atoms with van der Waals surface area (Å²) in [5.74, 6) is 0.480. The molecule has 2 aliphatic heterocycles. The van der Waals surface area contributed by atoms with Gasteiger partial charge in [0.2, 0.25) is 11.9 Å². The number of carbonyl (C=O) groups is 1. The lowest BCUT2D eigenvalue weighted by atomic mass is 9.99. The van der Waals surface area contributed by atoms with E-state index in [1.807, 2.05) is 17.6 Å². The van der Waals surface area contributed by atoms with Crippen LogP contribution in [0.15, 0.2) is 29.2 Å². The van der Waals surface area contributed by atoms with Crippen molar-refractivity contribution < 1.29 is 9.18 Å². The van der Waals surface area contributed by atoms with Gasteiger partial charge in [-0.1, -0.05) is 0 Å². The molecule has 3 aromatic rings. The molecule has 1 fully saturated rings. The number of fused-ring (bicyclic) bond motifs is 1. The van der Waals surface area contributed by atoms with Crippen LogP contribution in [0.1, 0.15) is 24.2 Å². The van der Waals surface area contributed by atoms with E-state index in [-0.39, 0.29) is 18.5 Å². The van der Waals surface area contributed by atoms with Crippen LogP contribution in [-0.4, -0.2) is 52.0 Å². The first-order valence-electron chi connectivity index (χ1n) is 9.79. The fraction of sp³-hybridized carbons (Fsp3) is 0.350. The van der Waals surface area contributed by atoms with E-state index in [9.17, 15) is 9.18 Å². The van der Waals surface area contributed by atoms with Crippen molar-refractivity contribution in [3.63, 3.8) is 0 Å². The highest BCUT2D eigenvalue weighted by molar-refractivity contribution is 7.07. The number of nitrogens with zero attached hydrogens (tertiary/aromatic N) is 6. The van der Waals surface area contributed by atoms with E-state index in [1.165, 1.54) is 17.4 Å². The van der Waals surface area contributed by atoms with Gasteiger partial charge in [-0.2, -0.15) is 4.39 Å². The zero-order valence-corrected chi connectivity index (χ0v) is 17.2. The molecule has 1 unspecified atom stereocenters. The minimum atomic E-state index is -0.554. The molecule has 154 valence electrons. The molecule has 0 saturated carbocycles. The van der Waals surface area contributed by atoms with Gasteiger partial charge in [-0.15, -0.1) is 11.3 Å². The Labute approximate surface area is 176 Å². The Bertz CT molecular complexity index is 1090. The van der Waals surface area contributed by atoms with Crippen molar-refractivity contribution in [2.45, 2.75) is 19.4 Å². The molecule has 5 heterocycles. The number of amides is 1. The molecule has 0 aromatic carbocycles. The van der Waals surface area contributed by atoms with Crippen LogP contribution in [-0.2, 0) is 11.2 Å². The molecule has 10 heteroatoms. The average molecular weight is 425 g/mol. The lowest BCUT2D eigenvalue weighted by Crippen LogP contribution is -2.48. The maximum absolute atomic E-state index is 14.4. The van der Waals surface area contributed by atoms with E-state index >= 15 is 0 Å². The summed E-state index contributed by atoms with van der Waals surface area (Å²) in [4.78, 5) is 33.2. The molecule has 1 saturated heterocycles. The Morgan fingerprint density at radius 3 is 2.93 bits per heavy atom. The Morgan fingerprint density at radius 1 is 1.23 bits per heavy atom. The molecule has 8 nitrogen and oxygen atoms in total. The second-order valence-electron chi connectivity index (χ2n) is 7.37. The number of pyridine rings is 1. The van der Waals surface area contributed by atoms with E-state index in [1.54, 1.807) is 10.4 Å². The molecule has 1 atom stereocenters. The third-order valence-corrected chi connectivity index (χ3v) is 6.11. The van der Waals surface area contributed by atoms with Gasteiger partial charge in [-0.3, -0.25) is 4.79 Å². The first-order chi connectivity index (χ1) is 14.6. The van der Waals surface area contributed by atoms with Crippen LogP contribution < -0.4 is 15.1 Å². The van der Waals surface area contributed by atoms with E-state index < -0.39 is 5.95 Å². The van der Waals surface area contributed by atoms with Crippen molar-refractivity contribution in [2.24, 2.45) is 0 Å². The number of hydrogen-bond donors (Lipinski definition) is 1. The Kier molecular flexibility index (Phi) is 4.78. The van der Waals surface area contributed by atoms with Crippen LogP contribution in [0, 0.1) is 5.95 Å². The van der Waals surface area contributed by atoms with E-state index in [2.05, 4.69) is 32.1 Å². The SMILES string of the molecule is CC1c2cnc(-c3cscn3)nc2CCN1c1cc(F)nc(N2CCNC(=O)C2)c1. The molecule has 1 N–H and O–H groups in total. The number of thiazole rings is 1. The number of anilines is 2. The van der Waals surface area contributed by atoms with Crippen molar-refractivity contribution in [1.29, 1.82) is 0 Å². The van der Waals surface area contributed by atoms with Crippen molar-refractivity contribution in [2.75, 3.05) is 36.0 Å². The van der Waals surface area contributed by atoms with Crippen LogP contribution in [0.25, 0.3) is 11.5 Å². The number of hydrogen-bond acceptors (Lipinski definition) is 8. The fourth-order valence-corrected chi connectivity index (χ4v) is 4.52. The van der Waals surface area contributed by atoms with Gasteiger partial charge in [-0.05, 0) is 6.92 Å². The highest BCUT2D eigenvalue weighted by Crippen LogP contribution is 2.34. The van der Waals surface area contributed by atoms with Gasteiger partial charge in [0.15, 0.2) is 5.82 Å². The van der Waals surface area contributed by atoms with Gasteiger partial charge in [0.25, 0.3) is 0 Å². The van der Waals surface area contributed by atoms with Crippen molar-refractivity contribution in [3.8, 4) is 11.5 Å². The fourth-order valence-electron chi connectivity index (χ4n) is 3.99. The van der Waals surface area contributed by atoms with E-state index in [0.717, 1.165) is 29.1 Å². The predicted molar refractivity (Wildman–Crippen MR) is 112 cm³/mol. The van der Waals surface area contributed by atoms with Crippen LogP contribution in [0.3, 0.4) is 0 Å². The van der Waals surface area contributed by atoms with E-state index in [4.69, 9.17) is 4.98 Å². The highest BCUT2D eigenvalue weighted by atomic mass is 32.1. The van der Waals surface area contributed by atoms with E-state index in [0.29, 0.717) is 31.3 Å². The number of piperazine rings is 1. The number of rotatable bonds is 3. The van der Waals surface area contributed by atoms with Gasteiger partial charge in [0.1, 0.15) is 11.5 Å². The molecule has 0 bridgehead atoms. The quantitative estimate of drug-likeness (QED) is 0.644. The first-order valence-corrected chi connectivity index (χ1v) is 10.7. The van der Waals surface area contributed by atoms with Crippen molar-refractivity contribution in [1.82, 2.24) is 25.3 Å². The summed E-state index contributed by atoms with van der Waals surface area (Å²) < 4.78 is 14.4. The topological polar surface area (TPSA) is 87.1 Å². The number of carbonyl (C=O) groups excluding carboxylic acids is 1. The first kappa shape index (κ1) is 18.9. The molecule has 0 radical (unpaired) electrons. The second-order valence-corrected chi connectivity index (χ2v) is 8.09. The molecule has 5 rings (SSSR count). The van der Waals surface area contributed by atoms with Gasteiger partial charge in [0.05, 0.1) is 23.8 Å². The average Bonchev–Trinajstić information content (AvgIpc) is 3.28. The summed E-state index contributed by atoms with van der Waals surface area (Å²) in [6.07, 6.45) is 2.58. The summed E-state index contributed by atoms with van der Waals surface area (Å²) in [5, 5.41) is 4.71. The van der Waals surface area contributed by atoms with Crippen LogP contribution in [0.2, 0.25) is 0 Å². The lowest BCUT2D eigenvalue weighted by molar-refractivity contribution is -0.120. The minimum absolute atomic E-state index is 0.0162. The number of aromatic nitrogens is 4. The normalized spacial score (nSPS) is 18.9. The Balaban J connectivity index is 1.44. The minimum Gasteiger partial charge on any atom is -0.364 e. The summed E-state index contributed by atoms with van der Waals surface area (Å²) in [7, 11) is 0. The monoisotopic (exact) mass is 425 g/mol. The Morgan fingerprint density at radius 2 is 2.13 bits per heavy atom. The van der Waals surface area contributed by atoms with Gasteiger partial charge in [-0.25, -0.2) is 19.9 Å². The second kappa shape index (κ2) is 7.60. The van der Waals surface area contributed by atoms with Crippen LogP contribution in [0.4, 0.5) is 15.9 Å². The third kappa shape index (κ3) is 3.47. The standard InChI is InChI=1S/C20H20FN7OS/c1-12-14-8-23-20(16-10-30-11-24-16)25-15(14)2-4-28(12)13-6-17(21)26-18(7-13)27-5-3-22-19(29)9-27/h6-8,10-12H,2-5,9H2,1H3,(H,22,29). The molecule has 0 aliphatic carbocycles. The molecular formula is C20H20FN7OS. The number of halogens is 1. The maximum atomic E-state index is 14.4. The molecule has 1 amide bonds. The Hall–Kier alpha value is -3.14. The highest BCUT2D eigenvalue weighted by Gasteiger charge is 2.28. The zero-order valence-electron chi connectivity index (χ0n) is 16.4. The summed E-state index contributed by atoms with van der Waals surface area (Å²) in [5.41, 5.74) is 5.31. The summed E-state index contributed by atoms with van der Waals surface area (Å²) in [6, 6.07) is 3.28. The number of nitrogens with one attached hydrogen (secondary N) is 1. The summed E-state index contributed by atoms with van der Waals surface area (Å²) >= 11 is 1.51. The van der Waals surface area contributed by atoms with Crippen LogP contribution >= 0.6 is 11.3 Å². The predicted octanol–water partition coefficient (Wildman–Crippen LogP) is 2.19. The maximum Gasteiger partial charge on any atom is 0.239 e. The molecular weight excluding hydrogens is 405 g/mol. The molecule has 30 heavy (non-hydrogen) atoms. The zero-order chi connectivity index (χ0) is 20.7. The van der Waals surface area contributed by atoms with Crippen LogP contribution in [0.5, 0.6) is 0 Å². The van der Waals surface area contributed by atoms with Gasteiger partial charge in [0, 0.05) is 61.0 Å². The molecule has 2 aliphatic rings. The van der Waals surface area contributed by atoms with Gasteiger partial charge >= 0.3 is 0 Å². The largest absolute Gasteiger partial charge is 0.364 e. The van der Waals surface area contributed by atoms with Crippen molar-refractivity contribution >= 4 is 28.7 Å². The smallest absolute Gasteiger partial charge is 0.239 e. The third-order valence-electron chi connectivity index (χ3n) is 5.53. The lowest BCUT2D eigenvalue weighted by Gasteiger charge is -2.37. The van der Waals surface area contributed by atoms with Gasteiger partial charge < -0.3 is 15.1 Å². The molecule has 3 aromatic heterocycles. The summed E-state index contributed by atoms with van der Waals surface area (Å²) in [6.45, 7) is 4.08.